The SMILES string of the molecule is CN(CC(O)CC1CCCC1)C1CCCNCC1. The third kappa shape index (κ3) is 4.52. The molecule has 0 amide bonds. The summed E-state index contributed by atoms with van der Waals surface area (Å²) in [6.07, 6.45) is 10.1. The van der Waals surface area contributed by atoms with Gasteiger partial charge in [-0.2, -0.15) is 0 Å². The van der Waals surface area contributed by atoms with E-state index in [4.69, 9.17) is 0 Å². The van der Waals surface area contributed by atoms with Crippen LogP contribution < -0.4 is 5.32 Å². The average molecular weight is 254 g/mol. The van der Waals surface area contributed by atoms with E-state index in [1.165, 1.54) is 44.9 Å². The van der Waals surface area contributed by atoms with E-state index in [0.717, 1.165) is 32.0 Å². The smallest absolute Gasteiger partial charge is 0.0669 e. The first-order valence-corrected chi connectivity index (χ1v) is 7.84. The number of hydrogen-bond acceptors (Lipinski definition) is 3. The van der Waals surface area contributed by atoms with E-state index < -0.39 is 0 Å². The summed E-state index contributed by atoms with van der Waals surface area (Å²) in [5, 5.41) is 13.7. The van der Waals surface area contributed by atoms with Crippen LogP contribution in [0.3, 0.4) is 0 Å². The van der Waals surface area contributed by atoms with Crippen molar-refractivity contribution in [3.63, 3.8) is 0 Å². The Bertz CT molecular complexity index is 221. The summed E-state index contributed by atoms with van der Waals surface area (Å²) in [5.74, 6) is 0.796. The maximum atomic E-state index is 10.2. The highest BCUT2D eigenvalue weighted by Crippen LogP contribution is 2.28. The molecule has 3 heteroatoms. The molecular formula is C15H30N2O. The molecule has 0 aromatic rings. The standard InChI is InChI=1S/C15H30N2O/c1-17(14-7-4-9-16-10-8-14)12-15(18)11-13-5-2-3-6-13/h13-16,18H,2-12H2,1H3. The molecule has 1 saturated heterocycles. The number of nitrogens with zero attached hydrogens (tertiary/aromatic N) is 1. The topological polar surface area (TPSA) is 35.5 Å². The molecule has 1 aliphatic carbocycles. The van der Waals surface area contributed by atoms with E-state index >= 15 is 0 Å². The maximum Gasteiger partial charge on any atom is 0.0669 e. The molecule has 2 N–H and O–H groups in total. The zero-order valence-corrected chi connectivity index (χ0v) is 11.9. The Kier molecular flexibility index (Phi) is 5.93. The van der Waals surface area contributed by atoms with Gasteiger partial charge < -0.3 is 15.3 Å². The van der Waals surface area contributed by atoms with Crippen LogP contribution in [-0.2, 0) is 0 Å². The van der Waals surface area contributed by atoms with Crippen LogP contribution in [0.2, 0.25) is 0 Å². The minimum Gasteiger partial charge on any atom is -0.392 e. The predicted octanol–water partition coefficient (Wildman–Crippen LogP) is 2.00. The number of rotatable bonds is 5. The van der Waals surface area contributed by atoms with Crippen LogP contribution in [-0.4, -0.2) is 48.8 Å². The quantitative estimate of drug-likeness (QED) is 0.788. The molecule has 1 heterocycles. The summed E-state index contributed by atoms with van der Waals surface area (Å²) >= 11 is 0. The normalized spacial score (nSPS) is 28.5. The number of likely N-dealkylation sites (N-methyl/N-ethyl adjacent to an activating group) is 1. The molecule has 2 rings (SSSR count). The lowest BCUT2D eigenvalue weighted by Gasteiger charge is -2.29. The predicted molar refractivity (Wildman–Crippen MR) is 75.7 cm³/mol. The Morgan fingerprint density at radius 1 is 1.11 bits per heavy atom. The minimum absolute atomic E-state index is 0.116. The molecule has 1 aliphatic heterocycles. The second kappa shape index (κ2) is 7.46. The zero-order valence-electron chi connectivity index (χ0n) is 11.9. The van der Waals surface area contributed by atoms with Crippen molar-refractivity contribution < 1.29 is 5.11 Å². The van der Waals surface area contributed by atoms with Crippen molar-refractivity contribution in [2.45, 2.75) is 63.5 Å². The third-order valence-electron chi connectivity index (χ3n) is 4.75. The Morgan fingerprint density at radius 3 is 2.67 bits per heavy atom. The van der Waals surface area contributed by atoms with Crippen molar-refractivity contribution in [2.24, 2.45) is 5.92 Å². The highest BCUT2D eigenvalue weighted by molar-refractivity contribution is 4.78. The highest BCUT2D eigenvalue weighted by atomic mass is 16.3. The molecule has 1 saturated carbocycles. The van der Waals surface area contributed by atoms with Crippen molar-refractivity contribution in [3.05, 3.63) is 0 Å². The van der Waals surface area contributed by atoms with Gasteiger partial charge in [0.2, 0.25) is 0 Å². The van der Waals surface area contributed by atoms with Gasteiger partial charge in [-0.25, -0.2) is 0 Å². The molecule has 0 aromatic carbocycles. The van der Waals surface area contributed by atoms with Gasteiger partial charge in [-0.15, -0.1) is 0 Å². The van der Waals surface area contributed by atoms with Crippen LogP contribution >= 0.6 is 0 Å². The molecule has 106 valence electrons. The van der Waals surface area contributed by atoms with E-state index in [1.54, 1.807) is 0 Å². The van der Waals surface area contributed by atoms with E-state index in [1.807, 2.05) is 0 Å². The van der Waals surface area contributed by atoms with E-state index in [0.29, 0.717) is 6.04 Å². The molecule has 0 radical (unpaired) electrons. The molecule has 3 nitrogen and oxygen atoms in total. The fourth-order valence-corrected chi connectivity index (χ4v) is 3.63. The Hall–Kier alpha value is -0.120. The van der Waals surface area contributed by atoms with Crippen molar-refractivity contribution in [3.8, 4) is 0 Å². The lowest BCUT2D eigenvalue weighted by atomic mass is 9.99. The average Bonchev–Trinajstić information content (AvgIpc) is 2.68. The van der Waals surface area contributed by atoms with Gasteiger partial charge in [0.1, 0.15) is 0 Å². The molecule has 2 atom stereocenters. The van der Waals surface area contributed by atoms with Gasteiger partial charge in [0.05, 0.1) is 6.10 Å². The fraction of sp³-hybridized carbons (Fsp3) is 1.00. The van der Waals surface area contributed by atoms with Crippen molar-refractivity contribution >= 4 is 0 Å². The van der Waals surface area contributed by atoms with Gasteiger partial charge in [-0.05, 0) is 51.7 Å². The molecule has 18 heavy (non-hydrogen) atoms. The van der Waals surface area contributed by atoms with Crippen LogP contribution in [0, 0.1) is 5.92 Å². The summed E-state index contributed by atoms with van der Waals surface area (Å²) in [7, 11) is 2.19. The molecule has 0 bridgehead atoms. The first-order valence-electron chi connectivity index (χ1n) is 7.84. The second-order valence-electron chi connectivity index (χ2n) is 6.31. The van der Waals surface area contributed by atoms with Crippen LogP contribution in [0.5, 0.6) is 0 Å². The van der Waals surface area contributed by atoms with Gasteiger partial charge in [0, 0.05) is 12.6 Å². The summed E-state index contributed by atoms with van der Waals surface area (Å²) in [5.41, 5.74) is 0. The number of nitrogens with one attached hydrogen (secondary N) is 1. The monoisotopic (exact) mass is 254 g/mol. The van der Waals surface area contributed by atoms with Crippen LogP contribution in [0.15, 0.2) is 0 Å². The maximum absolute atomic E-state index is 10.2. The van der Waals surface area contributed by atoms with Crippen molar-refractivity contribution in [1.82, 2.24) is 10.2 Å². The van der Waals surface area contributed by atoms with Crippen LogP contribution in [0.25, 0.3) is 0 Å². The van der Waals surface area contributed by atoms with Gasteiger partial charge in [-0.1, -0.05) is 25.7 Å². The molecule has 2 unspecified atom stereocenters. The van der Waals surface area contributed by atoms with Crippen molar-refractivity contribution in [1.29, 1.82) is 0 Å². The van der Waals surface area contributed by atoms with Gasteiger partial charge >= 0.3 is 0 Å². The van der Waals surface area contributed by atoms with E-state index in [9.17, 15) is 5.11 Å². The van der Waals surface area contributed by atoms with Crippen LogP contribution in [0.4, 0.5) is 0 Å². The van der Waals surface area contributed by atoms with E-state index in [-0.39, 0.29) is 6.10 Å². The molecule has 2 fully saturated rings. The number of hydrogen-bond donors (Lipinski definition) is 2. The largest absolute Gasteiger partial charge is 0.392 e. The lowest BCUT2D eigenvalue weighted by molar-refractivity contribution is 0.0812. The number of aliphatic hydroxyl groups excluding tert-OH is 1. The summed E-state index contributed by atoms with van der Waals surface area (Å²) in [6.45, 7) is 3.16. The van der Waals surface area contributed by atoms with Gasteiger partial charge in [0.15, 0.2) is 0 Å². The first kappa shape index (κ1) is 14.3. The third-order valence-corrected chi connectivity index (χ3v) is 4.75. The second-order valence-corrected chi connectivity index (χ2v) is 6.31. The van der Waals surface area contributed by atoms with E-state index in [2.05, 4.69) is 17.3 Å². The Labute approximate surface area is 112 Å². The lowest BCUT2D eigenvalue weighted by Crippen LogP contribution is -2.38. The Morgan fingerprint density at radius 2 is 1.89 bits per heavy atom. The zero-order chi connectivity index (χ0) is 12.8. The van der Waals surface area contributed by atoms with Crippen molar-refractivity contribution in [2.75, 3.05) is 26.7 Å². The minimum atomic E-state index is -0.116. The number of aliphatic hydroxyl groups is 1. The van der Waals surface area contributed by atoms with Gasteiger partial charge in [-0.3, -0.25) is 0 Å². The summed E-state index contributed by atoms with van der Waals surface area (Å²) in [4.78, 5) is 2.40. The molecular weight excluding hydrogens is 224 g/mol. The molecule has 2 aliphatic rings. The molecule has 0 spiro atoms. The Balaban J connectivity index is 1.69. The molecule has 0 aromatic heterocycles. The fourth-order valence-electron chi connectivity index (χ4n) is 3.63. The first-order chi connectivity index (χ1) is 8.75. The van der Waals surface area contributed by atoms with Crippen LogP contribution in [0.1, 0.15) is 51.4 Å². The summed E-state index contributed by atoms with van der Waals surface area (Å²) < 4.78 is 0. The van der Waals surface area contributed by atoms with Gasteiger partial charge in [0.25, 0.3) is 0 Å². The highest BCUT2D eigenvalue weighted by Gasteiger charge is 2.22. The summed E-state index contributed by atoms with van der Waals surface area (Å²) in [6, 6.07) is 0.665.